The van der Waals surface area contributed by atoms with Gasteiger partial charge in [0, 0.05) is 10.6 Å². The van der Waals surface area contributed by atoms with Crippen LogP contribution in [0.15, 0.2) is 78.9 Å². The number of carbonyl (C=O) groups excluding carboxylic acids is 2. The van der Waals surface area contributed by atoms with Crippen LogP contribution in [0.4, 0.5) is 10.1 Å². The summed E-state index contributed by atoms with van der Waals surface area (Å²) in [5.41, 5.74) is 1.31. The Labute approximate surface area is 167 Å². The molecule has 0 saturated heterocycles. The summed E-state index contributed by atoms with van der Waals surface area (Å²) in [7, 11) is 0. The number of hydrogen-bond acceptors (Lipinski definition) is 2. The predicted molar refractivity (Wildman–Crippen MR) is 108 cm³/mol. The number of rotatable bonds is 6. The Morgan fingerprint density at radius 2 is 1.57 bits per heavy atom. The average Bonchev–Trinajstić information content (AvgIpc) is 2.71. The van der Waals surface area contributed by atoms with Crippen molar-refractivity contribution in [3.8, 4) is 0 Å². The fourth-order valence-electron chi connectivity index (χ4n) is 2.75. The normalized spacial score (nSPS) is 11.5. The highest BCUT2D eigenvalue weighted by molar-refractivity contribution is 6.30. The van der Waals surface area contributed by atoms with Crippen LogP contribution in [-0.2, 0) is 4.79 Å². The molecule has 0 aromatic heterocycles. The van der Waals surface area contributed by atoms with Crippen LogP contribution < -0.4 is 10.6 Å². The Morgan fingerprint density at radius 1 is 0.929 bits per heavy atom. The monoisotopic (exact) mass is 396 g/mol. The van der Waals surface area contributed by atoms with Gasteiger partial charge in [-0.05, 0) is 35.9 Å². The minimum absolute atomic E-state index is 0.0376. The molecule has 142 valence electrons. The molecule has 3 aromatic carbocycles. The molecule has 0 spiro atoms. The Balaban J connectivity index is 1.75. The van der Waals surface area contributed by atoms with Gasteiger partial charge in [0.1, 0.15) is 5.82 Å². The van der Waals surface area contributed by atoms with Crippen LogP contribution >= 0.6 is 11.6 Å². The van der Waals surface area contributed by atoms with Crippen molar-refractivity contribution in [2.75, 3.05) is 5.32 Å². The van der Waals surface area contributed by atoms with Gasteiger partial charge in [0.15, 0.2) is 0 Å². The van der Waals surface area contributed by atoms with Gasteiger partial charge in [0.2, 0.25) is 5.91 Å². The highest BCUT2D eigenvalue weighted by Gasteiger charge is 2.20. The Bertz CT molecular complexity index is 965. The van der Waals surface area contributed by atoms with Gasteiger partial charge in [-0.3, -0.25) is 9.59 Å². The zero-order chi connectivity index (χ0) is 19.9. The summed E-state index contributed by atoms with van der Waals surface area (Å²) < 4.78 is 13.9. The number of nitrogens with one attached hydrogen (secondary N) is 2. The summed E-state index contributed by atoms with van der Waals surface area (Å²) in [5.74, 6) is -1.34. The first-order valence-electron chi connectivity index (χ1n) is 8.68. The van der Waals surface area contributed by atoms with E-state index in [-0.39, 0.29) is 23.0 Å². The topological polar surface area (TPSA) is 58.2 Å². The van der Waals surface area contributed by atoms with Crippen LogP contribution in [0, 0.1) is 5.82 Å². The zero-order valence-corrected chi connectivity index (χ0v) is 15.6. The van der Waals surface area contributed by atoms with E-state index in [1.165, 1.54) is 12.1 Å². The van der Waals surface area contributed by atoms with Gasteiger partial charge >= 0.3 is 0 Å². The molecule has 2 amide bonds. The maximum Gasteiger partial charge on any atom is 0.251 e. The van der Waals surface area contributed by atoms with Crippen molar-refractivity contribution in [1.29, 1.82) is 0 Å². The molecule has 28 heavy (non-hydrogen) atoms. The van der Waals surface area contributed by atoms with Crippen molar-refractivity contribution >= 4 is 29.1 Å². The van der Waals surface area contributed by atoms with E-state index in [0.29, 0.717) is 5.56 Å². The molecule has 2 N–H and O–H groups in total. The van der Waals surface area contributed by atoms with Gasteiger partial charge in [-0.2, -0.15) is 0 Å². The summed E-state index contributed by atoms with van der Waals surface area (Å²) in [4.78, 5) is 25.0. The number of amides is 2. The number of anilines is 1. The van der Waals surface area contributed by atoms with Crippen LogP contribution in [0.5, 0.6) is 0 Å². The molecule has 0 unspecified atom stereocenters. The molecule has 3 rings (SSSR count). The lowest BCUT2D eigenvalue weighted by Crippen LogP contribution is -2.31. The lowest BCUT2D eigenvalue weighted by molar-refractivity contribution is -0.116. The fourth-order valence-corrected chi connectivity index (χ4v) is 2.90. The standard InChI is InChI=1S/C22H18ClFN2O2/c23-17-11-12-19(18(24)13-17)25-21(27)14-20(15-7-3-1-4-8-15)26-22(28)16-9-5-2-6-10-16/h1-13,20H,14H2,(H,25,27)(H,26,28)/t20-/m1/s1. The van der Waals surface area contributed by atoms with Crippen LogP contribution in [0.25, 0.3) is 0 Å². The van der Waals surface area contributed by atoms with E-state index in [1.54, 1.807) is 24.3 Å². The van der Waals surface area contributed by atoms with E-state index >= 15 is 0 Å². The van der Waals surface area contributed by atoms with Crippen molar-refractivity contribution in [1.82, 2.24) is 5.32 Å². The molecule has 0 saturated carbocycles. The molecular weight excluding hydrogens is 379 g/mol. The first-order chi connectivity index (χ1) is 13.5. The molecule has 3 aromatic rings. The van der Waals surface area contributed by atoms with E-state index < -0.39 is 17.8 Å². The van der Waals surface area contributed by atoms with Crippen LogP contribution in [0.3, 0.4) is 0 Å². The molecule has 0 aliphatic rings. The van der Waals surface area contributed by atoms with Crippen molar-refractivity contribution in [2.45, 2.75) is 12.5 Å². The van der Waals surface area contributed by atoms with Gasteiger partial charge in [0.25, 0.3) is 5.91 Å². The Morgan fingerprint density at radius 3 is 2.21 bits per heavy atom. The van der Waals surface area contributed by atoms with E-state index in [9.17, 15) is 14.0 Å². The highest BCUT2D eigenvalue weighted by Crippen LogP contribution is 2.22. The second kappa shape index (κ2) is 9.15. The van der Waals surface area contributed by atoms with Crippen LogP contribution in [-0.4, -0.2) is 11.8 Å². The summed E-state index contributed by atoms with van der Waals surface area (Å²) in [5, 5.41) is 5.65. The average molecular weight is 397 g/mol. The third-order valence-electron chi connectivity index (χ3n) is 4.14. The number of benzene rings is 3. The molecule has 0 aliphatic heterocycles. The molecule has 0 radical (unpaired) electrons. The van der Waals surface area contributed by atoms with Crippen LogP contribution in [0.2, 0.25) is 5.02 Å². The third-order valence-corrected chi connectivity index (χ3v) is 4.37. The zero-order valence-electron chi connectivity index (χ0n) is 14.9. The molecule has 0 heterocycles. The van der Waals surface area contributed by atoms with Crippen molar-refractivity contribution in [3.63, 3.8) is 0 Å². The minimum atomic E-state index is -0.620. The number of carbonyl (C=O) groups is 2. The van der Waals surface area contributed by atoms with Crippen molar-refractivity contribution < 1.29 is 14.0 Å². The molecule has 6 heteroatoms. The largest absolute Gasteiger partial charge is 0.345 e. The first-order valence-corrected chi connectivity index (χ1v) is 9.06. The number of hydrogen-bond donors (Lipinski definition) is 2. The second-order valence-electron chi connectivity index (χ2n) is 6.18. The van der Waals surface area contributed by atoms with Gasteiger partial charge in [-0.15, -0.1) is 0 Å². The fraction of sp³-hybridized carbons (Fsp3) is 0.0909. The summed E-state index contributed by atoms with van der Waals surface area (Å²) in [6.07, 6.45) is -0.0509. The maximum absolute atomic E-state index is 13.9. The number of halogens is 2. The Hall–Kier alpha value is -3.18. The molecule has 0 aliphatic carbocycles. The van der Waals surface area contributed by atoms with Crippen molar-refractivity contribution in [3.05, 3.63) is 101 Å². The van der Waals surface area contributed by atoms with Crippen molar-refractivity contribution in [2.24, 2.45) is 0 Å². The molecular formula is C22H18ClFN2O2. The van der Waals surface area contributed by atoms with Gasteiger partial charge in [0.05, 0.1) is 18.2 Å². The molecule has 4 nitrogen and oxygen atoms in total. The summed E-state index contributed by atoms with van der Waals surface area (Å²) >= 11 is 5.73. The Kier molecular flexibility index (Phi) is 6.40. The van der Waals surface area contributed by atoms with Gasteiger partial charge < -0.3 is 10.6 Å². The van der Waals surface area contributed by atoms with Gasteiger partial charge in [-0.25, -0.2) is 4.39 Å². The first kappa shape index (κ1) is 19.6. The summed E-state index contributed by atoms with van der Waals surface area (Å²) in [6, 6.07) is 21.3. The lowest BCUT2D eigenvalue weighted by Gasteiger charge is -2.19. The smallest absolute Gasteiger partial charge is 0.251 e. The van der Waals surface area contributed by atoms with E-state index in [1.807, 2.05) is 36.4 Å². The third kappa shape index (κ3) is 5.18. The molecule has 0 bridgehead atoms. The second-order valence-corrected chi connectivity index (χ2v) is 6.62. The molecule has 0 fully saturated rings. The predicted octanol–water partition coefficient (Wildman–Crippen LogP) is 4.98. The lowest BCUT2D eigenvalue weighted by atomic mass is 10.0. The van der Waals surface area contributed by atoms with E-state index in [4.69, 9.17) is 11.6 Å². The quantitative estimate of drug-likeness (QED) is 0.617. The van der Waals surface area contributed by atoms with Gasteiger partial charge in [-0.1, -0.05) is 60.1 Å². The molecule has 1 atom stereocenters. The maximum atomic E-state index is 13.9. The highest BCUT2D eigenvalue weighted by atomic mass is 35.5. The van der Waals surface area contributed by atoms with Crippen LogP contribution in [0.1, 0.15) is 28.4 Å². The minimum Gasteiger partial charge on any atom is -0.345 e. The summed E-state index contributed by atoms with van der Waals surface area (Å²) in [6.45, 7) is 0. The van der Waals surface area contributed by atoms with E-state index in [2.05, 4.69) is 10.6 Å². The van der Waals surface area contributed by atoms with E-state index in [0.717, 1.165) is 11.6 Å². The SMILES string of the molecule is O=C(C[C@@H](NC(=O)c1ccccc1)c1ccccc1)Nc1ccc(Cl)cc1F.